The zero-order chi connectivity index (χ0) is 13.8. The summed E-state index contributed by atoms with van der Waals surface area (Å²) in [5, 5.41) is 2.77. The van der Waals surface area contributed by atoms with Gasteiger partial charge in [-0.25, -0.2) is 4.98 Å². The third-order valence-electron chi connectivity index (χ3n) is 2.80. The van der Waals surface area contributed by atoms with E-state index in [2.05, 4.69) is 24.1 Å². The number of carbonyl (C=O) groups excluding carboxylic acids is 1. The highest BCUT2D eigenvalue weighted by atomic mass is 19.1. The summed E-state index contributed by atoms with van der Waals surface area (Å²) >= 11 is 0. The van der Waals surface area contributed by atoms with Crippen molar-refractivity contribution in [3.05, 3.63) is 59.7 Å². The fourth-order valence-corrected chi connectivity index (χ4v) is 1.69. The van der Waals surface area contributed by atoms with Crippen molar-refractivity contribution in [3.63, 3.8) is 0 Å². The van der Waals surface area contributed by atoms with E-state index in [9.17, 15) is 9.18 Å². The maximum absolute atomic E-state index is 12.7. The number of nitrogens with one attached hydrogen (secondary N) is 1. The molecule has 0 aliphatic carbocycles. The van der Waals surface area contributed by atoms with E-state index in [4.69, 9.17) is 0 Å². The van der Waals surface area contributed by atoms with E-state index in [1.165, 1.54) is 18.3 Å². The Bertz CT molecular complexity index is 579. The molecule has 0 aliphatic heterocycles. The number of nitrogens with zero attached hydrogens (tertiary/aromatic N) is 1. The molecule has 1 N–H and O–H groups in total. The molecule has 19 heavy (non-hydrogen) atoms. The molecule has 0 saturated heterocycles. The van der Waals surface area contributed by atoms with E-state index in [1.54, 1.807) is 0 Å². The molecule has 1 aromatic carbocycles. The van der Waals surface area contributed by atoms with Crippen LogP contribution in [0.25, 0.3) is 0 Å². The molecule has 98 valence electrons. The Hall–Kier alpha value is -2.23. The summed E-state index contributed by atoms with van der Waals surface area (Å²) in [6.45, 7) is 4.18. The molecule has 3 nitrogen and oxygen atoms in total. The van der Waals surface area contributed by atoms with Gasteiger partial charge in [0.25, 0.3) is 5.91 Å². The van der Waals surface area contributed by atoms with E-state index in [-0.39, 0.29) is 5.91 Å². The van der Waals surface area contributed by atoms with E-state index in [1.807, 2.05) is 24.3 Å². The van der Waals surface area contributed by atoms with Gasteiger partial charge in [-0.05, 0) is 35.7 Å². The number of amides is 1. The first-order valence-electron chi connectivity index (χ1n) is 6.09. The van der Waals surface area contributed by atoms with Crippen molar-refractivity contribution in [1.82, 2.24) is 4.98 Å². The summed E-state index contributed by atoms with van der Waals surface area (Å²) in [7, 11) is 0. The minimum Gasteiger partial charge on any atom is -0.322 e. The average Bonchev–Trinajstić information content (AvgIpc) is 2.39. The predicted molar refractivity (Wildman–Crippen MR) is 72.7 cm³/mol. The van der Waals surface area contributed by atoms with Crippen molar-refractivity contribution in [3.8, 4) is 0 Å². The van der Waals surface area contributed by atoms with Gasteiger partial charge < -0.3 is 5.32 Å². The highest BCUT2D eigenvalue weighted by Crippen LogP contribution is 2.19. The molecule has 0 unspecified atom stereocenters. The van der Waals surface area contributed by atoms with Crippen LogP contribution in [0, 0.1) is 5.95 Å². The van der Waals surface area contributed by atoms with Crippen LogP contribution >= 0.6 is 0 Å². The van der Waals surface area contributed by atoms with E-state index < -0.39 is 5.95 Å². The molecule has 0 atom stereocenters. The van der Waals surface area contributed by atoms with Gasteiger partial charge in [-0.2, -0.15) is 4.39 Å². The molecular formula is C15H15FN2O. The molecule has 0 radical (unpaired) electrons. The van der Waals surface area contributed by atoms with Crippen LogP contribution in [-0.4, -0.2) is 10.9 Å². The Kier molecular flexibility index (Phi) is 3.90. The molecule has 1 aromatic heterocycles. The zero-order valence-electron chi connectivity index (χ0n) is 10.9. The maximum atomic E-state index is 12.7. The van der Waals surface area contributed by atoms with Gasteiger partial charge in [0.1, 0.15) is 0 Å². The fourth-order valence-electron chi connectivity index (χ4n) is 1.69. The van der Waals surface area contributed by atoms with Crippen molar-refractivity contribution >= 4 is 11.6 Å². The monoisotopic (exact) mass is 258 g/mol. The van der Waals surface area contributed by atoms with Crippen molar-refractivity contribution in [1.29, 1.82) is 0 Å². The highest BCUT2D eigenvalue weighted by molar-refractivity contribution is 6.04. The summed E-state index contributed by atoms with van der Waals surface area (Å²) in [4.78, 5) is 15.4. The van der Waals surface area contributed by atoms with Gasteiger partial charge >= 0.3 is 0 Å². The first kappa shape index (κ1) is 13.2. The van der Waals surface area contributed by atoms with E-state index in [0.717, 1.165) is 11.3 Å². The first-order valence-corrected chi connectivity index (χ1v) is 6.09. The molecule has 1 heterocycles. The van der Waals surface area contributed by atoms with Crippen LogP contribution in [0.1, 0.15) is 35.7 Å². The SMILES string of the molecule is CC(C)c1cccc(NC(=O)c2ccc(F)nc2)c1. The lowest BCUT2D eigenvalue weighted by Gasteiger charge is -2.09. The largest absolute Gasteiger partial charge is 0.322 e. The Morgan fingerprint density at radius 1 is 1.26 bits per heavy atom. The van der Waals surface area contributed by atoms with Gasteiger partial charge in [0.2, 0.25) is 5.95 Å². The molecule has 0 saturated carbocycles. The van der Waals surface area contributed by atoms with Gasteiger partial charge in [0, 0.05) is 11.9 Å². The molecule has 0 bridgehead atoms. The van der Waals surface area contributed by atoms with Gasteiger partial charge in [0.15, 0.2) is 0 Å². The second kappa shape index (κ2) is 5.61. The number of hydrogen-bond donors (Lipinski definition) is 1. The number of rotatable bonds is 3. The number of carbonyl (C=O) groups is 1. The van der Waals surface area contributed by atoms with Gasteiger partial charge in [-0.15, -0.1) is 0 Å². The summed E-state index contributed by atoms with van der Waals surface area (Å²) < 4.78 is 12.7. The van der Waals surface area contributed by atoms with Gasteiger partial charge in [-0.1, -0.05) is 26.0 Å². The lowest BCUT2D eigenvalue weighted by Crippen LogP contribution is -2.12. The first-order chi connectivity index (χ1) is 9.06. The number of halogens is 1. The lowest BCUT2D eigenvalue weighted by atomic mass is 10.0. The smallest absolute Gasteiger partial charge is 0.257 e. The second-order valence-corrected chi connectivity index (χ2v) is 4.60. The van der Waals surface area contributed by atoms with Crippen molar-refractivity contribution in [2.24, 2.45) is 0 Å². The zero-order valence-corrected chi connectivity index (χ0v) is 10.9. The van der Waals surface area contributed by atoms with E-state index in [0.29, 0.717) is 11.5 Å². The van der Waals surface area contributed by atoms with Crippen LogP contribution in [0.15, 0.2) is 42.6 Å². The molecule has 0 spiro atoms. The number of aromatic nitrogens is 1. The predicted octanol–water partition coefficient (Wildman–Crippen LogP) is 3.60. The molecule has 0 aliphatic rings. The third-order valence-corrected chi connectivity index (χ3v) is 2.80. The van der Waals surface area contributed by atoms with Crippen molar-refractivity contribution in [2.45, 2.75) is 19.8 Å². The Balaban J connectivity index is 2.14. The summed E-state index contributed by atoms with van der Waals surface area (Å²) in [6, 6.07) is 10.2. The van der Waals surface area contributed by atoms with Crippen molar-refractivity contribution in [2.75, 3.05) is 5.32 Å². The minimum absolute atomic E-state index is 0.298. The van der Waals surface area contributed by atoms with Gasteiger partial charge in [0.05, 0.1) is 5.56 Å². The molecule has 2 rings (SSSR count). The molecule has 2 aromatic rings. The Morgan fingerprint density at radius 3 is 2.68 bits per heavy atom. The quantitative estimate of drug-likeness (QED) is 0.855. The number of anilines is 1. The summed E-state index contributed by atoms with van der Waals surface area (Å²) in [6.07, 6.45) is 1.22. The Labute approximate surface area is 111 Å². The molecule has 1 amide bonds. The molecular weight excluding hydrogens is 243 g/mol. The maximum Gasteiger partial charge on any atom is 0.257 e. The third kappa shape index (κ3) is 3.37. The summed E-state index contributed by atoms with van der Waals surface area (Å²) in [5.74, 6) is -0.504. The van der Waals surface area contributed by atoms with Gasteiger partial charge in [-0.3, -0.25) is 4.79 Å². The number of pyridine rings is 1. The Morgan fingerprint density at radius 2 is 2.05 bits per heavy atom. The second-order valence-electron chi connectivity index (χ2n) is 4.60. The highest BCUT2D eigenvalue weighted by Gasteiger charge is 2.07. The molecule has 4 heteroatoms. The minimum atomic E-state index is -0.599. The standard InChI is InChI=1S/C15H15FN2O/c1-10(2)11-4-3-5-13(8-11)18-15(19)12-6-7-14(16)17-9-12/h3-10H,1-2H3,(H,18,19). The number of benzene rings is 1. The normalized spacial score (nSPS) is 10.5. The van der Waals surface area contributed by atoms with Crippen LogP contribution in [-0.2, 0) is 0 Å². The number of hydrogen-bond acceptors (Lipinski definition) is 2. The topological polar surface area (TPSA) is 42.0 Å². The fraction of sp³-hybridized carbons (Fsp3) is 0.200. The van der Waals surface area contributed by atoms with Crippen LogP contribution in [0.5, 0.6) is 0 Å². The van der Waals surface area contributed by atoms with E-state index >= 15 is 0 Å². The summed E-state index contributed by atoms with van der Waals surface area (Å²) in [5.41, 5.74) is 2.20. The van der Waals surface area contributed by atoms with Crippen LogP contribution in [0.2, 0.25) is 0 Å². The molecule has 0 fully saturated rings. The average molecular weight is 258 g/mol. The van der Waals surface area contributed by atoms with Crippen LogP contribution < -0.4 is 5.32 Å². The van der Waals surface area contributed by atoms with Crippen molar-refractivity contribution < 1.29 is 9.18 Å². The van der Waals surface area contributed by atoms with Crippen LogP contribution in [0.3, 0.4) is 0 Å². The van der Waals surface area contributed by atoms with Crippen LogP contribution in [0.4, 0.5) is 10.1 Å². The lowest BCUT2D eigenvalue weighted by molar-refractivity contribution is 0.102.